The average Bonchev–Trinajstić information content (AvgIpc) is 2.98. The van der Waals surface area contributed by atoms with Gasteiger partial charge >= 0.3 is 0 Å². The van der Waals surface area contributed by atoms with Crippen molar-refractivity contribution in [3.8, 4) is 0 Å². The lowest BCUT2D eigenvalue weighted by molar-refractivity contribution is -0.120. The summed E-state index contributed by atoms with van der Waals surface area (Å²) in [4.78, 5) is 39.5. The molecular formula is C19H29Cl2N3O3. The van der Waals surface area contributed by atoms with Crippen LogP contribution >= 0.6 is 24.8 Å². The van der Waals surface area contributed by atoms with Crippen LogP contribution in [-0.2, 0) is 11.3 Å². The number of hydrogen-bond acceptors (Lipinski definition) is 5. The molecule has 1 saturated heterocycles. The minimum absolute atomic E-state index is 0. The Morgan fingerprint density at radius 3 is 2.37 bits per heavy atom. The average molecular weight is 418 g/mol. The molecule has 0 bridgehead atoms. The number of ketones is 3. The van der Waals surface area contributed by atoms with E-state index in [4.69, 9.17) is 0 Å². The van der Waals surface area contributed by atoms with Crippen LogP contribution in [-0.4, -0.2) is 39.5 Å². The maximum Gasteiger partial charge on any atom is 0.180 e. The molecule has 1 aromatic rings. The first-order chi connectivity index (χ1) is 11.9. The summed E-state index contributed by atoms with van der Waals surface area (Å²) in [5.41, 5.74) is 0.709. The SMILES string of the molecule is CC(=O)c1ncn(C[C@H]2CC[C@H]3CN[C@H](C(C)=O)C[C@H]3C2)c1C(C)=O.Cl.Cl. The Morgan fingerprint density at radius 2 is 1.78 bits per heavy atom. The molecule has 4 atom stereocenters. The fraction of sp³-hybridized carbons (Fsp3) is 0.684. The van der Waals surface area contributed by atoms with Crippen LogP contribution < -0.4 is 5.32 Å². The number of piperidine rings is 1. The molecule has 2 aliphatic rings. The molecule has 0 aromatic carbocycles. The van der Waals surface area contributed by atoms with Crippen LogP contribution in [0.4, 0.5) is 0 Å². The second kappa shape index (κ2) is 9.80. The summed E-state index contributed by atoms with van der Waals surface area (Å²) in [6.07, 6.45) is 5.87. The molecule has 2 fully saturated rings. The highest BCUT2D eigenvalue weighted by molar-refractivity contribution is 6.04. The Labute approximate surface area is 172 Å². The highest BCUT2D eigenvalue weighted by Gasteiger charge is 2.37. The Kier molecular flexibility index (Phi) is 8.64. The topological polar surface area (TPSA) is 81.1 Å². The van der Waals surface area contributed by atoms with Crippen molar-refractivity contribution in [1.29, 1.82) is 0 Å². The minimum Gasteiger partial charge on any atom is -0.327 e. The molecule has 6 nitrogen and oxygen atoms in total. The minimum atomic E-state index is -0.171. The number of fused-ring (bicyclic) bond motifs is 1. The lowest BCUT2D eigenvalue weighted by atomic mass is 9.69. The zero-order valence-electron chi connectivity index (χ0n) is 16.1. The van der Waals surface area contributed by atoms with Crippen LogP contribution in [0.2, 0.25) is 0 Å². The van der Waals surface area contributed by atoms with Crippen molar-refractivity contribution in [3.05, 3.63) is 17.7 Å². The van der Waals surface area contributed by atoms with Gasteiger partial charge in [-0.05, 0) is 56.9 Å². The van der Waals surface area contributed by atoms with Crippen LogP contribution in [0.15, 0.2) is 6.33 Å². The molecule has 1 aliphatic carbocycles. The van der Waals surface area contributed by atoms with E-state index in [1.54, 1.807) is 13.3 Å². The molecule has 1 aliphatic heterocycles. The molecule has 0 unspecified atom stereocenters. The van der Waals surface area contributed by atoms with Gasteiger partial charge in [-0.2, -0.15) is 0 Å². The van der Waals surface area contributed by atoms with E-state index in [1.807, 2.05) is 4.57 Å². The molecule has 8 heteroatoms. The van der Waals surface area contributed by atoms with Gasteiger partial charge in [0.05, 0.1) is 12.4 Å². The van der Waals surface area contributed by atoms with Crippen molar-refractivity contribution < 1.29 is 14.4 Å². The molecule has 3 rings (SSSR count). The van der Waals surface area contributed by atoms with Crippen molar-refractivity contribution in [3.63, 3.8) is 0 Å². The molecule has 2 heterocycles. The number of Topliss-reactive ketones (excluding diaryl/α,β-unsaturated/α-hetero) is 3. The first-order valence-corrected chi connectivity index (χ1v) is 9.17. The Morgan fingerprint density at radius 1 is 1.07 bits per heavy atom. The van der Waals surface area contributed by atoms with Gasteiger partial charge in [0.15, 0.2) is 11.6 Å². The number of hydrogen-bond donors (Lipinski definition) is 1. The highest BCUT2D eigenvalue weighted by atomic mass is 35.5. The van der Waals surface area contributed by atoms with Crippen LogP contribution in [0, 0.1) is 17.8 Å². The summed E-state index contributed by atoms with van der Waals surface area (Å²) in [7, 11) is 0. The van der Waals surface area contributed by atoms with Gasteiger partial charge in [0, 0.05) is 20.4 Å². The summed E-state index contributed by atoms with van der Waals surface area (Å²) in [6.45, 7) is 6.24. The Balaban J connectivity index is 0.00000182. The lowest BCUT2D eigenvalue weighted by Gasteiger charge is -2.42. The number of carbonyl (C=O) groups is 3. The van der Waals surface area contributed by atoms with E-state index in [1.165, 1.54) is 13.8 Å². The second-order valence-electron chi connectivity index (χ2n) is 7.71. The molecule has 0 amide bonds. The van der Waals surface area contributed by atoms with E-state index in [9.17, 15) is 14.4 Å². The zero-order chi connectivity index (χ0) is 18.1. The third-order valence-electron chi connectivity index (χ3n) is 5.86. The van der Waals surface area contributed by atoms with Gasteiger partial charge < -0.3 is 9.88 Å². The number of halogens is 2. The summed E-state index contributed by atoms with van der Waals surface area (Å²) in [5.74, 6) is 1.60. The predicted molar refractivity (Wildman–Crippen MR) is 108 cm³/mol. The molecule has 1 aromatic heterocycles. The Hall–Kier alpha value is -1.24. The van der Waals surface area contributed by atoms with Crippen molar-refractivity contribution in [2.24, 2.45) is 17.8 Å². The van der Waals surface area contributed by atoms with Gasteiger partial charge in [0.25, 0.3) is 0 Å². The number of imidazole rings is 1. The number of nitrogens with one attached hydrogen (secondary N) is 1. The van der Waals surface area contributed by atoms with Crippen molar-refractivity contribution in [2.75, 3.05) is 6.54 Å². The van der Waals surface area contributed by atoms with Gasteiger partial charge in [-0.1, -0.05) is 0 Å². The van der Waals surface area contributed by atoms with Gasteiger partial charge in [-0.25, -0.2) is 4.98 Å². The van der Waals surface area contributed by atoms with Crippen LogP contribution in [0.25, 0.3) is 0 Å². The maximum absolute atomic E-state index is 12.0. The largest absolute Gasteiger partial charge is 0.327 e. The van der Waals surface area contributed by atoms with E-state index < -0.39 is 0 Å². The van der Waals surface area contributed by atoms with Crippen LogP contribution in [0.3, 0.4) is 0 Å². The normalized spacial score (nSPS) is 26.9. The van der Waals surface area contributed by atoms with Gasteiger partial charge in [-0.3, -0.25) is 14.4 Å². The predicted octanol–water partition coefficient (Wildman–Crippen LogP) is 3.12. The summed E-state index contributed by atoms with van der Waals surface area (Å²) in [6, 6.07) is -0.00894. The molecule has 0 radical (unpaired) electrons. The number of nitrogens with zero attached hydrogens (tertiary/aromatic N) is 2. The van der Waals surface area contributed by atoms with E-state index in [0.717, 1.165) is 38.8 Å². The lowest BCUT2D eigenvalue weighted by Crippen LogP contribution is -2.49. The van der Waals surface area contributed by atoms with E-state index in [2.05, 4.69) is 10.3 Å². The maximum atomic E-state index is 12.0. The van der Waals surface area contributed by atoms with E-state index in [0.29, 0.717) is 23.4 Å². The molecule has 27 heavy (non-hydrogen) atoms. The second-order valence-corrected chi connectivity index (χ2v) is 7.71. The highest BCUT2D eigenvalue weighted by Crippen LogP contribution is 2.39. The smallest absolute Gasteiger partial charge is 0.180 e. The van der Waals surface area contributed by atoms with Gasteiger partial charge in [0.2, 0.25) is 0 Å². The quantitative estimate of drug-likeness (QED) is 0.744. The van der Waals surface area contributed by atoms with E-state index >= 15 is 0 Å². The van der Waals surface area contributed by atoms with E-state index in [-0.39, 0.29) is 53.9 Å². The number of carbonyl (C=O) groups excluding carboxylic acids is 3. The third-order valence-corrected chi connectivity index (χ3v) is 5.86. The third kappa shape index (κ3) is 5.18. The molecule has 1 saturated carbocycles. The first-order valence-electron chi connectivity index (χ1n) is 9.17. The molecule has 1 N–H and O–H groups in total. The number of rotatable bonds is 5. The molecule has 0 spiro atoms. The van der Waals surface area contributed by atoms with Crippen molar-refractivity contribution in [2.45, 2.75) is 59.0 Å². The monoisotopic (exact) mass is 417 g/mol. The molecular weight excluding hydrogens is 389 g/mol. The summed E-state index contributed by atoms with van der Waals surface area (Å²) < 4.78 is 1.85. The van der Waals surface area contributed by atoms with Crippen LogP contribution in [0.1, 0.15) is 67.4 Å². The summed E-state index contributed by atoms with van der Waals surface area (Å²) in [5, 5.41) is 3.38. The van der Waals surface area contributed by atoms with Gasteiger partial charge in [0.1, 0.15) is 17.2 Å². The summed E-state index contributed by atoms with van der Waals surface area (Å²) >= 11 is 0. The fourth-order valence-corrected chi connectivity index (χ4v) is 4.56. The zero-order valence-corrected chi connectivity index (χ0v) is 17.7. The first kappa shape index (κ1) is 23.8. The van der Waals surface area contributed by atoms with Crippen LogP contribution in [0.5, 0.6) is 0 Å². The molecule has 152 valence electrons. The number of aromatic nitrogens is 2. The Bertz CT molecular complexity index is 704. The fourth-order valence-electron chi connectivity index (χ4n) is 4.56. The van der Waals surface area contributed by atoms with Gasteiger partial charge in [-0.15, -0.1) is 24.8 Å². The standard InChI is InChI=1S/C19H27N3O3.2ClH/c1-11(23)17-7-16-6-14(4-5-15(16)8-20-17)9-22-10-21-18(12(2)24)19(22)13(3)25;;/h10,14-17,20H,4-9H2,1-3H3;2*1H/t14-,15-,16+,17-;;/m0../s1. The van der Waals surface area contributed by atoms with Crippen molar-refractivity contribution in [1.82, 2.24) is 14.9 Å². The van der Waals surface area contributed by atoms with Crippen molar-refractivity contribution >= 4 is 42.2 Å².